The van der Waals surface area contributed by atoms with E-state index in [1.54, 1.807) is 6.07 Å². The molecule has 6 nitrogen and oxygen atoms in total. The van der Waals surface area contributed by atoms with Gasteiger partial charge in [-0.15, -0.1) is 0 Å². The summed E-state index contributed by atoms with van der Waals surface area (Å²) >= 11 is 6.50. The normalized spacial score (nSPS) is 19.5. The Morgan fingerprint density at radius 1 is 1.06 bits per heavy atom. The Labute approximate surface area is 191 Å². The van der Waals surface area contributed by atoms with E-state index in [9.17, 15) is 5.11 Å². The van der Waals surface area contributed by atoms with Crippen LogP contribution in [0.5, 0.6) is 23.0 Å². The summed E-state index contributed by atoms with van der Waals surface area (Å²) in [5, 5.41) is 15.1. The first kappa shape index (κ1) is 20.7. The number of aliphatic imine (C=N–C) groups is 1. The molecule has 0 spiro atoms. The van der Waals surface area contributed by atoms with Crippen LogP contribution in [0.1, 0.15) is 42.2 Å². The van der Waals surface area contributed by atoms with Gasteiger partial charge in [-0.3, -0.25) is 10.3 Å². The SMILES string of the molecule is CCOc1cccc([C@H]2CC(c3ccc4c(c3)OCO4)=N[C@@H](c3ccccc3Cl)N2)c1O. The first-order chi connectivity index (χ1) is 15.6. The van der Waals surface area contributed by atoms with Crippen LogP contribution in [0.4, 0.5) is 0 Å². The van der Waals surface area contributed by atoms with E-state index in [1.807, 2.05) is 61.5 Å². The van der Waals surface area contributed by atoms with Gasteiger partial charge in [0.1, 0.15) is 6.17 Å². The molecule has 0 aliphatic carbocycles. The van der Waals surface area contributed by atoms with Gasteiger partial charge in [-0.25, -0.2) is 0 Å². The lowest BCUT2D eigenvalue weighted by atomic mass is 9.93. The average molecular weight is 451 g/mol. The summed E-state index contributed by atoms with van der Waals surface area (Å²) in [6, 6.07) is 18.8. The molecule has 0 radical (unpaired) electrons. The third-order valence-corrected chi connectivity index (χ3v) is 6.00. The zero-order valence-corrected chi connectivity index (χ0v) is 18.3. The van der Waals surface area contributed by atoms with E-state index in [0.717, 1.165) is 28.2 Å². The number of phenols is 1. The van der Waals surface area contributed by atoms with E-state index in [2.05, 4.69) is 5.32 Å². The van der Waals surface area contributed by atoms with Crippen molar-refractivity contribution in [2.75, 3.05) is 13.4 Å². The van der Waals surface area contributed by atoms with Crippen LogP contribution in [0, 0.1) is 0 Å². The monoisotopic (exact) mass is 450 g/mol. The van der Waals surface area contributed by atoms with Crippen LogP contribution in [0.25, 0.3) is 0 Å². The highest BCUT2D eigenvalue weighted by Gasteiger charge is 2.30. The number of benzene rings is 3. The van der Waals surface area contributed by atoms with E-state index in [4.69, 9.17) is 30.8 Å². The van der Waals surface area contributed by atoms with Gasteiger partial charge < -0.3 is 19.3 Å². The van der Waals surface area contributed by atoms with Crippen LogP contribution in [0.2, 0.25) is 5.02 Å². The van der Waals surface area contributed by atoms with E-state index in [0.29, 0.717) is 29.5 Å². The summed E-state index contributed by atoms with van der Waals surface area (Å²) in [6.45, 7) is 2.58. The minimum atomic E-state index is -0.377. The van der Waals surface area contributed by atoms with Gasteiger partial charge >= 0.3 is 0 Å². The topological polar surface area (TPSA) is 72.3 Å². The van der Waals surface area contributed by atoms with E-state index in [-0.39, 0.29) is 24.8 Å². The second kappa shape index (κ2) is 8.73. The van der Waals surface area contributed by atoms with Gasteiger partial charge in [0.2, 0.25) is 6.79 Å². The molecule has 2 heterocycles. The van der Waals surface area contributed by atoms with Crippen molar-refractivity contribution < 1.29 is 19.3 Å². The third kappa shape index (κ3) is 3.87. The van der Waals surface area contributed by atoms with Gasteiger partial charge in [0.05, 0.1) is 6.61 Å². The second-order valence-corrected chi connectivity index (χ2v) is 8.03. The maximum atomic E-state index is 10.9. The van der Waals surface area contributed by atoms with Crippen molar-refractivity contribution in [3.63, 3.8) is 0 Å². The standard InChI is InChI=1S/C25H23ClN2O4/c1-2-30-22-9-5-7-17(24(22)29)20-13-19(15-10-11-21-23(12-15)32-14-31-21)27-25(28-20)16-6-3-4-8-18(16)26/h3-12,20,25,28-29H,2,13-14H2,1H3/t20-,25-/m1/s1. The lowest BCUT2D eigenvalue weighted by molar-refractivity contribution is 0.174. The Hall–Kier alpha value is -3.22. The van der Waals surface area contributed by atoms with Crippen molar-refractivity contribution in [3.05, 3.63) is 82.4 Å². The molecular formula is C25H23ClN2O4. The molecule has 164 valence electrons. The van der Waals surface area contributed by atoms with E-state index < -0.39 is 0 Å². The number of nitrogens with zero attached hydrogens (tertiary/aromatic N) is 1. The number of halogens is 1. The molecule has 2 aliphatic rings. The van der Waals surface area contributed by atoms with Crippen molar-refractivity contribution in [2.24, 2.45) is 4.99 Å². The van der Waals surface area contributed by atoms with Crippen LogP contribution >= 0.6 is 11.6 Å². The number of ether oxygens (including phenoxy) is 3. The number of rotatable bonds is 5. The molecule has 0 aromatic heterocycles. The van der Waals surface area contributed by atoms with Gasteiger partial charge in [0.25, 0.3) is 0 Å². The number of aromatic hydroxyl groups is 1. The van der Waals surface area contributed by atoms with Crippen LogP contribution in [0.3, 0.4) is 0 Å². The highest BCUT2D eigenvalue weighted by Crippen LogP contribution is 2.41. The zero-order valence-electron chi connectivity index (χ0n) is 17.5. The summed E-state index contributed by atoms with van der Waals surface area (Å²) in [5.74, 6) is 2.03. The van der Waals surface area contributed by atoms with Gasteiger partial charge in [0, 0.05) is 34.3 Å². The summed E-state index contributed by atoms with van der Waals surface area (Å²) in [4.78, 5) is 4.98. The molecule has 0 bridgehead atoms. The Morgan fingerprint density at radius 3 is 2.72 bits per heavy atom. The van der Waals surface area contributed by atoms with Gasteiger partial charge in [-0.05, 0) is 42.8 Å². The van der Waals surface area contributed by atoms with Crippen molar-refractivity contribution in [1.29, 1.82) is 0 Å². The van der Waals surface area contributed by atoms with Gasteiger partial charge in [-0.2, -0.15) is 0 Å². The Morgan fingerprint density at radius 2 is 1.88 bits per heavy atom. The molecule has 0 amide bonds. The minimum absolute atomic E-state index is 0.136. The van der Waals surface area contributed by atoms with Crippen LogP contribution in [-0.2, 0) is 0 Å². The molecule has 3 aromatic rings. The van der Waals surface area contributed by atoms with Crippen molar-refractivity contribution in [3.8, 4) is 23.0 Å². The molecule has 3 aromatic carbocycles. The first-order valence-electron chi connectivity index (χ1n) is 10.6. The first-order valence-corrected chi connectivity index (χ1v) is 10.9. The minimum Gasteiger partial charge on any atom is -0.504 e. The lowest BCUT2D eigenvalue weighted by Crippen LogP contribution is -2.33. The predicted molar refractivity (Wildman–Crippen MR) is 123 cm³/mol. The highest BCUT2D eigenvalue weighted by molar-refractivity contribution is 6.31. The molecule has 0 saturated carbocycles. The molecule has 5 rings (SSSR count). The molecular weight excluding hydrogens is 428 g/mol. The average Bonchev–Trinajstić information content (AvgIpc) is 3.28. The summed E-state index contributed by atoms with van der Waals surface area (Å²) in [7, 11) is 0. The molecule has 32 heavy (non-hydrogen) atoms. The molecule has 2 aliphatic heterocycles. The van der Waals surface area contributed by atoms with E-state index >= 15 is 0 Å². The number of para-hydroxylation sites is 1. The smallest absolute Gasteiger partial charge is 0.231 e. The second-order valence-electron chi connectivity index (χ2n) is 7.62. The van der Waals surface area contributed by atoms with Crippen molar-refractivity contribution in [2.45, 2.75) is 25.6 Å². The van der Waals surface area contributed by atoms with Crippen molar-refractivity contribution in [1.82, 2.24) is 5.32 Å². The quantitative estimate of drug-likeness (QED) is 0.544. The fraction of sp³-hybridized carbons (Fsp3) is 0.240. The molecule has 2 atom stereocenters. The van der Waals surface area contributed by atoms with Gasteiger partial charge in [-0.1, -0.05) is 41.9 Å². The Kier molecular flexibility index (Phi) is 5.64. The maximum absolute atomic E-state index is 10.9. The van der Waals surface area contributed by atoms with Crippen LogP contribution < -0.4 is 19.5 Å². The predicted octanol–water partition coefficient (Wildman–Crippen LogP) is 5.40. The molecule has 7 heteroatoms. The van der Waals surface area contributed by atoms with Crippen molar-refractivity contribution >= 4 is 17.3 Å². The number of phenolic OH excluding ortho intramolecular Hbond substituents is 1. The number of nitrogens with one attached hydrogen (secondary N) is 1. The molecule has 2 N–H and O–H groups in total. The van der Waals surface area contributed by atoms with Crippen LogP contribution in [-0.4, -0.2) is 24.2 Å². The fourth-order valence-electron chi connectivity index (χ4n) is 4.11. The van der Waals surface area contributed by atoms with Gasteiger partial charge in [0.15, 0.2) is 23.0 Å². The molecule has 0 saturated heterocycles. The Bertz CT molecular complexity index is 1180. The van der Waals surface area contributed by atoms with Crippen LogP contribution in [0.15, 0.2) is 65.7 Å². The molecule has 0 unspecified atom stereocenters. The summed E-state index contributed by atoms with van der Waals surface area (Å²) in [5.41, 5.74) is 3.45. The fourth-order valence-corrected chi connectivity index (χ4v) is 4.34. The Balaban J connectivity index is 1.57. The number of fused-ring (bicyclic) bond motifs is 1. The largest absolute Gasteiger partial charge is 0.504 e. The van der Waals surface area contributed by atoms with E-state index in [1.165, 1.54) is 0 Å². The summed E-state index contributed by atoms with van der Waals surface area (Å²) < 4.78 is 16.6. The zero-order chi connectivity index (χ0) is 22.1. The summed E-state index contributed by atoms with van der Waals surface area (Å²) in [6.07, 6.45) is 0.196. The molecule has 0 fully saturated rings. The number of hydrogen-bond donors (Lipinski definition) is 2. The highest BCUT2D eigenvalue weighted by atomic mass is 35.5. The maximum Gasteiger partial charge on any atom is 0.231 e. The third-order valence-electron chi connectivity index (χ3n) is 5.65. The number of hydrogen-bond acceptors (Lipinski definition) is 6. The lowest BCUT2D eigenvalue weighted by Gasteiger charge is -2.31.